The topological polar surface area (TPSA) is 59.8 Å². The Morgan fingerprint density at radius 1 is 1.25 bits per heavy atom. The first kappa shape index (κ1) is 16.2. The smallest absolute Gasteiger partial charge is 0.253 e. The molecule has 24 heavy (non-hydrogen) atoms. The SMILES string of the molecule is Cc1cccc(CNC(=O)c2cc3cnn(C(C)C)c3nc2C)c1. The van der Waals surface area contributed by atoms with Crippen molar-refractivity contribution in [3.63, 3.8) is 0 Å². The van der Waals surface area contributed by atoms with Gasteiger partial charge in [0, 0.05) is 18.0 Å². The average Bonchev–Trinajstić information content (AvgIpc) is 2.94. The predicted octanol–water partition coefficient (Wildman–Crippen LogP) is 3.56. The fourth-order valence-corrected chi connectivity index (χ4v) is 2.77. The van der Waals surface area contributed by atoms with Crippen molar-refractivity contribution in [1.29, 1.82) is 0 Å². The third-order valence-electron chi connectivity index (χ3n) is 4.03. The number of hydrogen-bond donors (Lipinski definition) is 1. The van der Waals surface area contributed by atoms with Gasteiger partial charge in [-0.15, -0.1) is 0 Å². The van der Waals surface area contributed by atoms with Gasteiger partial charge in [0.15, 0.2) is 5.65 Å². The van der Waals surface area contributed by atoms with E-state index in [0.717, 1.165) is 16.6 Å². The van der Waals surface area contributed by atoms with Gasteiger partial charge in [0.25, 0.3) is 5.91 Å². The summed E-state index contributed by atoms with van der Waals surface area (Å²) in [7, 11) is 0. The highest BCUT2D eigenvalue weighted by molar-refractivity contribution is 5.98. The van der Waals surface area contributed by atoms with Crippen molar-refractivity contribution in [2.45, 2.75) is 40.3 Å². The highest BCUT2D eigenvalue weighted by Crippen LogP contribution is 2.19. The molecule has 1 N–H and O–H groups in total. The third-order valence-corrected chi connectivity index (χ3v) is 4.03. The van der Waals surface area contributed by atoms with Crippen LogP contribution in [0.4, 0.5) is 0 Å². The summed E-state index contributed by atoms with van der Waals surface area (Å²) < 4.78 is 1.87. The van der Waals surface area contributed by atoms with Crippen LogP contribution >= 0.6 is 0 Å². The number of carbonyl (C=O) groups excluding carboxylic acids is 1. The molecule has 0 saturated heterocycles. The number of carbonyl (C=O) groups is 1. The Balaban J connectivity index is 1.83. The molecule has 0 radical (unpaired) electrons. The Morgan fingerprint density at radius 2 is 2.04 bits per heavy atom. The first-order valence-corrected chi connectivity index (χ1v) is 8.14. The van der Waals surface area contributed by atoms with Crippen molar-refractivity contribution in [3.05, 3.63) is 58.9 Å². The third kappa shape index (κ3) is 3.15. The highest BCUT2D eigenvalue weighted by Gasteiger charge is 2.15. The fraction of sp³-hybridized carbons (Fsp3) is 0.316. The van der Waals surface area contributed by atoms with Crippen LogP contribution in [-0.2, 0) is 6.54 Å². The number of aryl methyl sites for hydroxylation is 2. The minimum atomic E-state index is -0.110. The maximum Gasteiger partial charge on any atom is 0.253 e. The van der Waals surface area contributed by atoms with Gasteiger partial charge in [0.05, 0.1) is 17.5 Å². The Bertz CT molecular complexity index is 896. The van der Waals surface area contributed by atoms with Crippen LogP contribution < -0.4 is 5.32 Å². The molecule has 5 nitrogen and oxygen atoms in total. The number of rotatable bonds is 4. The van der Waals surface area contributed by atoms with Gasteiger partial charge in [-0.25, -0.2) is 9.67 Å². The molecule has 5 heteroatoms. The van der Waals surface area contributed by atoms with Gasteiger partial charge >= 0.3 is 0 Å². The summed E-state index contributed by atoms with van der Waals surface area (Å²) in [6, 6.07) is 10.2. The molecule has 1 aromatic carbocycles. The van der Waals surface area contributed by atoms with Gasteiger partial charge in [-0.05, 0) is 39.3 Å². The zero-order valence-corrected chi connectivity index (χ0v) is 14.5. The maximum absolute atomic E-state index is 12.5. The monoisotopic (exact) mass is 322 g/mol. The maximum atomic E-state index is 12.5. The molecule has 0 aliphatic heterocycles. The molecule has 2 aromatic heterocycles. The van der Waals surface area contributed by atoms with E-state index in [9.17, 15) is 4.79 Å². The molecular weight excluding hydrogens is 300 g/mol. The lowest BCUT2D eigenvalue weighted by molar-refractivity contribution is 0.0950. The van der Waals surface area contributed by atoms with Crippen molar-refractivity contribution in [2.24, 2.45) is 0 Å². The summed E-state index contributed by atoms with van der Waals surface area (Å²) in [5.41, 5.74) is 4.40. The van der Waals surface area contributed by atoms with E-state index < -0.39 is 0 Å². The molecule has 3 rings (SSSR count). The van der Waals surface area contributed by atoms with Crippen LogP contribution in [0.15, 0.2) is 36.5 Å². The Labute approximate surface area is 141 Å². The number of nitrogens with zero attached hydrogens (tertiary/aromatic N) is 3. The molecule has 0 unspecified atom stereocenters. The van der Waals surface area contributed by atoms with E-state index in [4.69, 9.17) is 0 Å². The highest BCUT2D eigenvalue weighted by atomic mass is 16.1. The minimum Gasteiger partial charge on any atom is -0.348 e. The van der Waals surface area contributed by atoms with Gasteiger partial charge in [0.1, 0.15) is 0 Å². The van der Waals surface area contributed by atoms with Crippen LogP contribution in [0.3, 0.4) is 0 Å². The summed E-state index contributed by atoms with van der Waals surface area (Å²) in [5.74, 6) is -0.110. The van der Waals surface area contributed by atoms with Crippen LogP contribution in [-0.4, -0.2) is 20.7 Å². The Kier molecular flexibility index (Phi) is 4.34. The number of pyridine rings is 1. The van der Waals surface area contributed by atoms with Crippen molar-refractivity contribution in [1.82, 2.24) is 20.1 Å². The zero-order chi connectivity index (χ0) is 17.3. The van der Waals surface area contributed by atoms with Crippen LogP contribution in [0.5, 0.6) is 0 Å². The lowest BCUT2D eigenvalue weighted by atomic mass is 10.1. The molecular formula is C19H22N4O. The second kappa shape index (κ2) is 6.43. The Hall–Kier alpha value is -2.69. The first-order valence-electron chi connectivity index (χ1n) is 8.14. The molecule has 0 bridgehead atoms. The van der Waals surface area contributed by atoms with E-state index in [0.29, 0.717) is 17.8 Å². The standard InChI is InChI=1S/C19H22N4O/c1-12(2)23-18-16(11-21-23)9-17(14(4)22-18)19(24)20-10-15-7-5-6-13(3)8-15/h5-9,11-12H,10H2,1-4H3,(H,20,24). The first-order chi connectivity index (χ1) is 11.5. The fourth-order valence-electron chi connectivity index (χ4n) is 2.77. The lowest BCUT2D eigenvalue weighted by Crippen LogP contribution is -2.24. The van der Waals surface area contributed by atoms with E-state index in [-0.39, 0.29) is 11.9 Å². The zero-order valence-electron chi connectivity index (χ0n) is 14.5. The molecule has 0 saturated carbocycles. The van der Waals surface area contributed by atoms with Gasteiger partial charge in [-0.1, -0.05) is 29.8 Å². The van der Waals surface area contributed by atoms with E-state index >= 15 is 0 Å². The molecule has 2 heterocycles. The van der Waals surface area contributed by atoms with Gasteiger partial charge in [-0.2, -0.15) is 5.10 Å². The van der Waals surface area contributed by atoms with Crippen molar-refractivity contribution >= 4 is 16.9 Å². The van der Waals surface area contributed by atoms with Crippen LogP contribution in [0.1, 0.15) is 47.1 Å². The van der Waals surface area contributed by atoms with Gasteiger partial charge in [-0.3, -0.25) is 4.79 Å². The summed E-state index contributed by atoms with van der Waals surface area (Å²) in [5, 5.41) is 8.22. The van der Waals surface area contributed by atoms with E-state index in [2.05, 4.69) is 35.3 Å². The molecule has 1 amide bonds. The molecule has 0 fully saturated rings. The predicted molar refractivity (Wildman–Crippen MR) is 95.0 cm³/mol. The second-order valence-electron chi connectivity index (χ2n) is 6.39. The van der Waals surface area contributed by atoms with E-state index in [1.54, 1.807) is 6.20 Å². The molecule has 0 aliphatic carbocycles. The van der Waals surface area contributed by atoms with Crippen LogP contribution in [0.2, 0.25) is 0 Å². The van der Waals surface area contributed by atoms with E-state index in [1.165, 1.54) is 5.56 Å². The number of aromatic nitrogens is 3. The summed E-state index contributed by atoms with van der Waals surface area (Å²) in [6.45, 7) is 8.53. The second-order valence-corrected chi connectivity index (χ2v) is 6.39. The minimum absolute atomic E-state index is 0.110. The molecule has 0 aliphatic rings. The van der Waals surface area contributed by atoms with Crippen LogP contribution in [0, 0.1) is 13.8 Å². The quantitative estimate of drug-likeness (QED) is 0.799. The molecule has 0 atom stereocenters. The van der Waals surface area contributed by atoms with Crippen LogP contribution in [0.25, 0.3) is 11.0 Å². The number of benzene rings is 1. The largest absolute Gasteiger partial charge is 0.348 e. The summed E-state index contributed by atoms with van der Waals surface area (Å²) in [6.07, 6.45) is 1.76. The average molecular weight is 322 g/mol. The van der Waals surface area contributed by atoms with Crippen molar-refractivity contribution < 1.29 is 4.79 Å². The van der Waals surface area contributed by atoms with Gasteiger partial charge in [0.2, 0.25) is 0 Å². The lowest BCUT2D eigenvalue weighted by Gasteiger charge is -2.10. The summed E-state index contributed by atoms with van der Waals surface area (Å²) >= 11 is 0. The number of nitrogens with one attached hydrogen (secondary N) is 1. The molecule has 124 valence electrons. The summed E-state index contributed by atoms with van der Waals surface area (Å²) in [4.78, 5) is 17.1. The van der Waals surface area contributed by atoms with E-state index in [1.807, 2.05) is 42.8 Å². The Morgan fingerprint density at radius 3 is 2.75 bits per heavy atom. The number of hydrogen-bond acceptors (Lipinski definition) is 3. The van der Waals surface area contributed by atoms with Crippen molar-refractivity contribution in [3.8, 4) is 0 Å². The normalized spacial score (nSPS) is 11.2. The molecule has 0 spiro atoms. The van der Waals surface area contributed by atoms with Gasteiger partial charge < -0.3 is 5.32 Å². The number of fused-ring (bicyclic) bond motifs is 1. The van der Waals surface area contributed by atoms with Crippen molar-refractivity contribution in [2.75, 3.05) is 0 Å². The molecule has 3 aromatic rings. The number of amides is 1.